The Bertz CT molecular complexity index is 768. The van der Waals surface area contributed by atoms with E-state index in [4.69, 9.17) is 4.74 Å². The van der Waals surface area contributed by atoms with Gasteiger partial charge in [-0.1, -0.05) is 12.1 Å². The van der Waals surface area contributed by atoms with Gasteiger partial charge in [-0.05, 0) is 73.6 Å². The lowest BCUT2D eigenvalue weighted by atomic mass is 9.79. The molecule has 0 radical (unpaired) electrons. The lowest BCUT2D eigenvalue weighted by Gasteiger charge is -2.36. The van der Waals surface area contributed by atoms with E-state index in [1.165, 1.54) is 24.3 Å². The topological polar surface area (TPSA) is 78.8 Å². The zero-order valence-corrected chi connectivity index (χ0v) is 15.7. The normalized spacial score (nSPS) is 22.0. The number of aliphatic hydroxyl groups is 1. The number of rotatable bonds is 7. The van der Waals surface area contributed by atoms with Gasteiger partial charge in [0.2, 0.25) is 0 Å². The molecule has 0 unspecified atom stereocenters. The number of carbonyl (C=O) groups is 1. The third-order valence-corrected chi connectivity index (χ3v) is 5.28. The summed E-state index contributed by atoms with van der Waals surface area (Å²) in [6, 6.07) is 12.3. The highest BCUT2D eigenvalue weighted by Gasteiger charge is 2.33. The van der Waals surface area contributed by atoms with E-state index in [0.29, 0.717) is 37.5 Å². The van der Waals surface area contributed by atoms with Crippen molar-refractivity contribution in [2.24, 2.45) is 5.92 Å². The molecule has 0 bridgehead atoms. The molecular weight excluding hydrogens is 361 g/mol. The van der Waals surface area contributed by atoms with Crippen LogP contribution in [0.4, 0.5) is 4.39 Å². The van der Waals surface area contributed by atoms with Gasteiger partial charge in [0, 0.05) is 18.7 Å². The van der Waals surface area contributed by atoms with E-state index in [-0.39, 0.29) is 24.0 Å². The first-order valence-electron chi connectivity index (χ1n) is 9.55. The molecule has 2 aromatic carbocycles. The Hall–Kier alpha value is -2.44. The number of hydrogen-bond acceptors (Lipinski definition) is 4. The molecule has 28 heavy (non-hydrogen) atoms. The van der Waals surface area contributed by atoms with Crippen molar-refractivity contribution in [3.05, 3.63) is 65.5 Å². The largest absolute Gasteiger partial charge is 0.508 e. The summed E-state index contributed by atoms with van der Waals surface area (Å²) < 4.78 is 18.6. The van der Waals surface area contributed by atoms with E-state index >= 15 is 0 Å². The van der Waals surface area contributed by atoms with Crippen molar-refractivity contribution in [2.75, 3.05) is 13.2 Å². The number of benzene rings is 2. The number of amides is 1. The van der Waals surface area contributed by atoms with Crippen LogP contribution in [0.3, 0.4) is 0 Å². The first-order chi connectivity index (χ1) is 13.4. The molecule has 1 aliphatic rings. The van der Waals surface area contributed by atoms with Crippen LogP contribution < -0.4 is 5.32 Å². The van der Waals surface area contributed by atoms with Crippen LogP contribution in [0.5, 0.6) is 5.75 Å². The van der Waals surface area contributed by atoms with Crippen LogP contribution in [-0.2, 0) is 11.3 Å². The number of carbonyl (C=O) groups excluding carboxylic acids is 1. The summed E-state index contributed by atoms with van der Waals surface area (Å²) in [5.74, 6) is -0.0466. The van der Waals surface area contributed by atoms with Crippen LogP contribution in [0.1, 0.15) is 41.6 Å². The third kappa shape index (κ3) is 5.78. The minimum Gasteiger partial charge on any atom is -0.508 e. The Balaban J connectivity index is 1.38. The second-order valence-electron chi connectivity index (χ2n) is 7.54. The van der Waals surface area contributed by atoms with E-state index in [9.17, 15) is 19.4 Å². The fourth-order valence-corrected chi connectivity index (χ4v) is 3.44. The van der Waals surface area contributed by atoms with E-state index in [1.807, 2.05) is 0 Å². The fraction of sp³-hybridized carbons (Fsp3) is 0.409. The highest BCUT2D eigenvalue weighted by molar-refractivity contribution is 5.94. The molecule has 150 valence electrons. The predicted octanol–water partition coefficient (Wildman–Crippen LogP) is 3.40. The molecule has 6 heteroatoms. The molecule has 0 atom stereocenters. The molecule has 0 heterocycles. The van der Waals surface area contributed by atoms with E-state index in [1.54, 1.807) is 24.3 Å². The number of phenolic OH excluding ortho intramolecular Hbond substituents is 1. The van der Waals surface area contributed by atoms with Crippen LogP contribution in [0.15, 0.2) is 48.5 Å². The first-order valence-corrected chi connectivity index (χ1v) is 9.55. The van der Waals surface area contributed by atoms with Crippen LogP contribution >= 0.6 is 0 Å². The standard InChI is InChI=1S/C22H26FNO4/c23-19-5-1-16(2-6-19)13-28-14-17-9-11-22(27,12-10-17)15-24-21(26)18-3-7-20(25)8-4-18/h1-8,17,25,27H,9-15H2,(H,24,26)/t17-,22-. The number of phenols is 1. The fourth-order valence-electron chi connectivity index (χ4n) is 3.44. The monoisotopic (exact) mass is 387 g/mol. The highest BCUT2D eigenvalue weighted by atomic mass is 19.1. The van der Waals surface area contributed by atoms with Gasteiger partial charge in [-0.2, -0.15) is 0 Å². The molecule has 1 saturated carbocycles. The Labute approximate surface area is 164 Å². The second kappa shape index (κ2) is 9.17. The number of halogens is 1. The van der Waals surface area contributed by atoms with Crippen molar-refractivity contribution >= 4 is 5.91 Å². The number of ether oxygens (including phenoxy) is 1. The molecule has 0 aromatic heterocycles. The quantitative estimate of drug-likeness (QED) is 0.680. The van der Waals surface area contributed by atoms with Crippen LogP contribution in [0, 0.1) is 11.7 Å². The summed E-state index contributed by atoms with van der Waals surface area (Å²) in [5, 5.41) is 22.8. The summed E-state index contributed by atoms with van der Waals surface area (Å²) in [4.78, 5) is 12.2. The highest BCUT2D eigenvalue weighted by Crippen LogP contribution is 2.32. The lowest BCUT2D eigenvalue weighted by Crippen LogP contribution is -2.45. The summed E-state index contributed by atoms with van der Waals surface area (Å²) in [6.45, 7) is 1.26. The molecule has 1 fully saturated rings. The zero-order valence-electron chi connectivity index (χ0n) is 15.7. The molecule has 3 rings (SSSR count). The number of aromatic hydroxyl groups is 1. The Morgan fingerprint density at radius 3 is 2.39 bits per heavy atom. The molecule has 1 aliphatic carbocycles. The van der Waals surface area contributed by atoms with Crippen molar-refractivity contribution in [3.8, 4) is 5.75 Å². The third-order valence-electron chi connectivity index (χ3n) is 5.28. The Morgan fingerprint density at radius 2 is 1.75 bits per heavy atom. The maximum absolute atomic E-state index is 12.9. The van der Waals surface area contributed by atoms with Crippen molar-refractivity contribution in [3.63, 3.8) is 0 Å². The van der Waals surface area contributed by atoms with Gasteiger partial charge >= 0.3 is 0 Å². The van der Waals surface area contributed by atoms with Crippen molar-refractivity contribution in [2.45, 2.75) is 37.9 Å². The molecule has 3 N–H and O–H groups in total. The van der Waals surface area contributed by atoms with Crippen LogP contribution in [-0.4, -0.2) is 34.9 Å². The van der Waals surface area contributed by atoms with Gasteiger partial charge in [-0.25, -0.2) is 4.39 Å². The average molecular weight is 387 g/mol. The smallest absolute Gasteiger partial charge is 0.251 e. The SMILES string of the molecule is O=C(NC[C@]1(O)CC[C@H](COCc2ccc(F)cc2)CC1)c1ccc(O)cc1. The maximum Gasteiger partial charge on any atom is 0.251 e. The molecule has 1 amide bonds. The van der Waals surface area contributed by atoms with Gasteiger partial charge in [0.05, 0.1) is 12.2 Å². The average Bonchev–Trinajstić information content (AvgIpc) is 2.70. The first kappa shape index (κ1) is 20.3. The van der Waals surface area contributed by atoms with E-state index in [0.717, 1.165) is 18.4 Å². The van der Waals surface area contributed by atoms with Gasteiger partial charge in [0.15, 0.2) is 0 Å². The van der Waals surface area contributed by atoms with Crippen molar-refractivity contribution < 1.29 is 24.1 Å². The summed E-state index contributed by atoms with van der Waals surface area (Å²) in [6.07, 6.45) is 2.87. The number of hydrogen-bond donors (Lipinski definition) is 3. The molecule has 0 aliphatic heterocycles. The van der Waals surface area contributed by atoms with Crippen LogP contribution in [0.2, 0.25) is 0 Å². The van der Waals surface area contributed by atoms with E-state index < -0.39 is 5.60 Å². The maximum atomic E-state index is 12.9. The molecule has 5 nitrogen and oxygen atoms in total. The van der Waals surface area contributed by atoms with Gasteiger partial charge in [-0.3, -0.25) is 4.79 Å². The molecule has 0 saturated heterocycles. The van der Waals surface area contributed by atoms with Gasteiger partial charge < -0.3 is 20.3 Å². The summed E-state index contributed by atoms with van der Waals surface area (Å²) in [7, 11) is 0. The lowest BCUT2D eigenvalue weighted by molar-refractivity contribution is -0.0238. The van der Waals surface area contributed by atoms with Gasteiger partial charge in [0.1, 0.15) is 11.6 Å². The van der Waals surface area contributed by atoms with E-state index in [2.05, 4.69) is 5.32 Å². The van der Waals surface area contributed by atoms with Crippen molar-refractivity contribution in [1.82, 2.24) is 5.32 Å². The summed E-state index contributed by atoms with van der Waals surface area (Å²) >= 11 is 0. The minimum atomic E-state index is -0.903. The predicted molar refractivity (Wildman–Crippen MR) is 103 cm³/mol. The Morgan fingerprint density at radius 1 is 1.11 bits per heavy atom. The molecular formula is C22H26FNO4. The van der Waals surface area contributed by atoms with Crippen LogP contribution in [0.25, 0.3) is 0 Å². The number of nitrogens with one attached hydrogen (secondary N) is 1. The minimum absolute atomic E-state index is 0.107. The van der Waals surface area contributed by atoms with Crippen molar-refractivity contribution in [1.29, 1.82) is 0 Å². The molecule has 0 spiro atoms. The zero-order chi connectivity index (χ0) is 20.0. The second-order valence-corrected chi connectivity index (χ2v) is 7.54. The Kier molecular flexibility index (Phi) is 6.65. The summed E-state index contributed by atoms with van der Waals surface area (Å²) in [5.41, 5.74) is 0.481. The molecule has 2 aromatic rings. The van der Waals surface area contributed by atoms with Gasteiger partial charge in [0.25, 0.3) is 5.91 Å². The van der Waals surface area contributed by atoms with Gasteiger partial charge in [-0.15, -0.1) is 0 Å².